The second kappa shape index (κ2) is 6.49. The van der Waals surface area contributed by atoms with Crippen molar-refractivity contribution in [1.82, 2.24) is 9.13 Å². The fraction of sp³-hybridized carbons (Fsp3) is 0.0323. The van der Waals surface area contributed by atoms with E-state index >= 15 is 0 Å². The maximum Gasteiger partial charge on any atom is 0.0792 e. The number of rotatable bonds is 1. The van der Waals surface area contributed by atoms with Crippen molar-refractivity contribution in [2.45, 2.75) is 0 Å². The van der Waals surface area contributed by atoms with E-state index in [1.165, 1.54) is 69.5 Å². The van der Waals surface area contributed by atoms with Gasteiger partial charge in [-0.15, -0.1) is 11.3 Å². The van der Waals surface area contributed by atoms with Gasteiger partial charge in [-0.05, 0) is 30.3 Å². The van der Waals surface area contributed by atoms with Crippen LogP contribution in [0.5, 0.6) is 0 Å². The standard InChI is InChI=1S/C31H20N2S/c1-32-23-16-8-5-13-20(23)28-29(32)30-26(27-22-15-7-10-18-25(22)34-31(27)28)21-14-6-9-17-24(21)33(30)19-11-3-2-4-12-19/h2-18H,1H3. The first-order valence-electron chi connectivity index (χ1n) is 11.6. The van der Waals surface area contributed by atoms with Gasteiger partial charge in [0.1, 0.15) is 0 Å². The minimum Gasteiger partial charge on any atom is -0.342 e. The number of para-hydroxylation sites is 3. The normalized spacial score (nSPS) is 12.3. The summed E-state index contributed by atoms with van der Waals surface area (Å²) in [6.45, 7) is 0. The molecule has 0 fully saturated rings. The second-order valence-corrected chi connectivity index (χ2v) is 10.1. The van der Waals surface area contributed by atoms with E-state index in [-0.39, 0.29) is 0 Å². The minimum atomic E-state index is 1.19. The largest absolute Gasteiger partial charge is 0.342 e. The zero-order chi connectivity index (χ0) is 22.4. The molecule has 0 saturated heterocycles. The molecular formula is C31H20N2S. The van der Waals surface area contributed by atoms with Gasteiger partial charge in [-0.1, -0.05) is 72.8 Å². The van der Waals surface area contributed by atoms with E-state index in [0.717, 1.165) is 0 Å². The lowest BCUT2D eigenvalue weighted by Crippen LogP contribution is -1.96. The summed E-state index contributed by atoms with van der Waals surface area (Å²) < 4.78 is 7.60. The Morgan fingerprint density at radius 3 is 1.94 bits per heavy atom. The zero-order valence-electron chi connectivity index (χ0n) is 18.6. The highest BCUT2D eigenvalue weighted by Gasteiger charge is 2.24. The third kappa shape index (κ3) is 2.15. The van der Waals surface area contributed by atoms with Crippen LogP contribution in [0.1, 0.15) is 0 Å². The number of aryl methyl sites for hydroxylation is 1. The van der Waals surface area contributed by atoms with Gasteiger partial charge in [-0.3, -0.25) is 0 Å². The Morgan fingerprint density at radius 1 is 0.529 bits per heavy atom. The average molecular weight is 453 g/mol. The fourth-order valence-corrected chi connectivity index (χ4v) is 7.20. The molecule has 0 aliphatic carbocycles. The molecule has 0 N–H and O–H groups in total. The van der Waals surface area contributed by atoms with Crippen molar-refractivity contribution in [3.05, 3.63) is 103 Å². The van der Waals surface area contributed by atoms with Crippen molar-refractivity contribution in [2.75, 3.05) is 0 Å². The Labute approximate surface area is 199 Å². The van der Waals surface area contributed by atoms with Crippen LogP contribution in [-0.2, 0) is 7.05 Å². The first kappa shape index (κ1) is 18.4. The third-order valence-electron chi connectivity index (χ3n) is 7.29. The number of aromatic nitrogens is 2. The zero-order valence-corrected chi connectivity index (χ0v) is 19.4. The molecule has 0 atom stereocenters. The Kier molecular flexibility index (Phi) is 3.51. The molecular weight excluding hydrogens is 432 g/mol. The van der Waals surface area contributed by atoms with Crippen LogP contribution in [0.3, 0.4) is 0 Å². The average Bonchev–Trinajstić information content (AvgIpc) is 3.53. The molecule has 3 heterocycles. The van der Waals surface area contributed by atoms with Gasteiger partial charge in [0, 0.05) is 60.0 Å². The SMILES string of the molecule is Cn1c2ccccc2c2c3sc4ccccc4c3c3c4ccccc4n(-c4ccccc4)c3c21. The van der Waals surface area contributed by atoms with E-state index in [1.807, 2.05) is 11.3 Å². The summed E-state index contributed by atoms with van der Waals surface area (Å²) in [5.41, 5.74) is 6.30. The lowest BCUT2D eigenvalue weighted by atomic mass is 10.0. The smallest absolute Gasteiger partial charge is 0.0792 e. The number of thiophene rings is 1. The van der Waals surface area contributed by atoms with Crippen molar-refractivity contribution in [1.29, 1.82) is 0 Å². The topological polar surface area (TPSA) is 9.86 Å². The minimum absolute atomic E-state index is 1.19. The molecule has 0 saturated carbocycles. The Hall–Kier alpha value is -4.08. The molecule has 0 aliphatic rings. The summed E-state index contributed by atoms with van der Waals surface area (Å²) >= 11 is 1.93. The molecule has 0 amide bonds. The van der Waals surface area contributed by atoms with Gasteiger partial charge in [0.05, 0.1) is 16.6 Å². The Balaban J connectivity index is 1.83. The van der Waals surface area contributed by atoms with Crippen molar-refractivity contribution in [3.8, 4) is 5.69 Å². The maximum absolute atomic E-state index is 2.47. The summed E-state index contributed by atoms with van der Waals surface area (Å²) in [5.74, 6) is 0. The highest BCUT2D eigenvalue weighted by atomic mass is 32.1. The van der Waals surface area contributed by atoms with Crippen molar-refractivity contribution in [3.63, 3.8) is 0 Å². The predicted molar refractivity (Wildman–Crippen MR) is 148 cm³/mol. The maximum atomic E-state index is 2.47. The first-order chi connectivity index (χ1) is 16.8. The molecule has 8 aromatic rings. The number of hydrogen-bond donors (Lipinski definition) is 0. The van der Waals surface area contributed by atoms with E-state index in [1.54, 1.807) is 0 Å². The van der Waals surface area contributed by atoms with Crippen LogP contribution in [0, 0.1) is 0 Å². The molecule has 0 spiro atoms. The summed E-state index contributed by atoms with van der Waals surface area (Å²) in [6, 6.07) is 37.4. The van der Waals surface area contributed by atoms with Gasteiger partial charge >= 0.3 is 0 Å². The summed E-state index contributed by atoms with van der Waals surface area (Å²) in [4.78, 5) is 0. The van der Waals surface area contributed by atoms with Crippen LogP contribution < -0.4 is 0 Å². The molecule has 3 aromatic heterocycles. The van der Waals surface area contributed by atoms with Gasteiger partial charge in [0.2, 0.25) is 0 Å². The molecule has 0 bridgehead atoms. The quantitative estimate of drug-likeness (QED) is 0.235. The van der Waals surface area contributed by atoms with E-state index in [9.17, 15) is 0 Å². The monoisotopic (exact) mass is 452 g/mol. The number of benzene rings is 5. The summed E-state index contributed by atoms with van der Waals surface area (Å²) in [7, 11) is 2.22. The van der Waals surface area contributed by atoms with E-state index in [4.69, 9.17) is 0 Å². The fourth-order valence-electron chi connectivity index (χ4n) is 5.93. The van der Waals surface area contributed by atoms with Gasteiger partial charge < -0.3 is 9.13 Å². The van der Waals surface area contributed by atoms with Gasteiger partial charge in [-0.25, -0.2) is 0 Å². The highest BCUT2D eigenvalue weighted by molar-refractivity contribution is 7.27. The van der Waals surface area contributed by atoms with Crippen molar-refractivity contribution in [2.24, 2.45) is 7.05 Å². The van der Waals surface area contributed by atoms with Crippen LogP contribution in [0.2, 0.25) is 0 Å². The molecule has 0 unspecified atom stereocenters. The molecule has 5 aromatic carbocycles. The van der Waals surface area contributed by atoms with Gasteiger partial charge in [-0.2, -0.15) is 0 Å². The molecule has 2 nitrogen and oxygen atoms in total. The first-order valence-corrected chi connectivity index (χ1v) is 12.4. The Bertz CT molecular complexity index is 2070. The number of fused-ring (bicyclic) bond motifs is 12. The summed E-state index contributed by atoms with van der Waals surface area (Å²) in [5, 5.41) is 8.07. The van der Waals surface area contributed by atoms with Gasteiger partial charge in [0.15, 0.2) is 0 Å². The summed E-state index contributed by atoms with van der Waals surface area (Å²) in [6.07, 6.45) is 0. The molecule has 34 heavy (non-hydrogen) atoms. The van der Waals surface area contributed by atoms with Crippen molar-refractivity contribution >= 4 is 75.1 Å². The van der Waals surface area contributed by atoms with Crippen molar-refractivity contribution < 1.29 is 0 Å². The van der Waals surface area contributed by atoms with E-state index < -0.39 is 0 Å². The van der Waals surface area contributed by atoms with Crippen LogP contribution >= 0.6 is 11.3 Å². The molecule has 3 heteroatoms. The molecule has 0 radical (unpaired) electrons. The lowest BCUT2D eigenvalue weighted by Gasteiger charge is -2.10. The lowest BCUT2D eigenvalue weighted by molar-refractivity contribution is 1.01. The molecule has 8 rings (SSSR count). The molecule has 160 valence electrons. The Morgan fingerprint density at radius 2 is 1.15 bits per heavy atom. The van der Waals surface area contributed by atoms with Gasteiger partial charge in [0.25, 0.3) is 0 Å². The highest BCUT2D eigenvalue weighted by Crippen LogP contribution is 2.50. The van der Waals surface area contributed by atoms with Crippen LogP contribution in [0.4, 0.5) is 0 Å². The number of nitrogens with zero attached hydrogens (tertiary/aromatic N) is 2. The van der Waals surface area contributed by atoms with Crippen LogP contribution in [0.15, 0.2) is 103 Å². The predicted octanol–water partition coefficient (Wildman–Crippen LogP) is 8.80. The van der Waals surface area contributed by atoms with E-state index in [0.29, 0.717) is 0 Å². The van der Waals surface area contributed by atoms with Crippen LogP contribution in [0.25, 0.3) is 69.5 Å². The number of hydrogen-bond acceptors (Lipinski definition) is 1. The second-order valence-electron chi connectivity index (χ2n) is 9.01. The third-order valence-corrected chi connectivity index (χ3v) is 8.48. The van der Waals surface area contributed by atoms with Crippen LogP contribution in [-0.4, -0.2) is 9.13 Å². The molecule has 0 aliphatic heterocycles. The van der Waals surface area contributed by atoms with E-state index in [2.05, 4.69) is 119 Å².